The molecule has 0 unspecified atom stereocenters. The fourth-order valence-corrected chi connectivity index (χ4v) is 3.91. The monoisotopic (exact) mass is 302 g/mol. The van der Waals surface area contributed by atoms with E-state index in [0.29, 0.717) is 5.75 Å². The smallest absolute Gasteiger partial charge is 0.123 e. The van der Waals surface area contributed by atoms with Crippen molar-refractivity contribution in [3.63, 3.8) is 0 Å². The summed E-state index contributed by atoms with van der Waals surface area (Å²) < 4.78 is 0. The summed E-state index contributed by atoms with van der Waals surface area (Å²) in [6.07, 6.45) is 0.860. The first kappa shape index (κ1) is 14.6. The Labute approximate surface area is 130 Å². The van der Waals surface area contributed by atoms with Crippen molar-refractivity contribution in [3.05, 3.63) is 51.7 Å². The van der Waals surface area contributed by atoms with Crippen molar-refractivity contribution in [3.8, 4) is 5.75 Å². The summed E-state index contributed by atoms with van der Waals surface area (Å²) in [6, 6.07) is 10.6. The first-order valence-corrected chi connectivity index (χ1v) is 8.48. The molecule has 0 saturated carbocycles. The van der Waals surface area contributed by atoms with Crippen molar-refractivity contribution < 1.29 is 5.11 Å². The van der Waals surface area contributed by atoms with Gasteiger partial charge in [-0.15, -0.1) is 11.3 Å². The van der Waals surface area contributed by atoms with Crippen LogP contribution in [0.25, 0.3) is 0 Å². The number of hydrogen-bond acceptors (Lipinski definition) is 4. The van der Waals surface area contributed by atoms with Gasteiger partial charge < -0.3 is 10.4 Å². The summed E-state index contributed by atoms with van der Waals surface area (Å²) in [4.78, 5) is 3.78. The highest BCUT2D eigenvalue weighted by molar-refractivity contribution is 7.10. The van der Waals surface area contributed by atoms with Crippen LogP contribution in [0.3, 0.4) is 0 Å². The van der Waals surface area contributed by atoms with Crippen LogP contribution in [-0.4, -0.2) is 36.2 Å². The lowest BCUT2D eigenvalue weighted by molar-refractivity contribution is 0.198. The third-order valence-corrected chi connectivity index (χ3v) is 5.08. The molecule has 2 heterocycles. The fraction of sp³-hybridized carbons (Fsp3) is 0.412. The quantitative estimate of drug-likeness (QED) is 0.911. The van der Waals surface area contributed by atoms with E-state index in [0.717, 1.165) is 43.7 Å². The minimum atomic E-state index is 0.165. The van der Waals surface area contributed by atoms with Crippen LogP contribution < -0.4 is 5.32 Å². The van der Waals surface area contributed by atoms with E-state index in [9.17, 15) is 5.11 Å². The largest absolute Gasteiger partial charge is 0.507 e. The molecule has 0 aliphatic carbocycles. The number of nitrogens with one attached hydrogen (secondary N) is 1. The molecule has 112 valence electrons. The normalized spacial score (nSPS) is 17.8. The molecule has 1 atom stereocenters. The molecule has 1 aromatic carbocycles. The second-order valence-electron chi connectivity index (χ2n) is 5.41. The number of phenols is 1. The molecule has 1 saturated heterocycles. The van der Waals surface area contributed by atoms with Crippen LogP contribution in [0.5, 0.6) is 5.75 Å². The third-order valence-electron chi connectivity index (χ3n) is 4.16. The average molecular weight is 302 g/mol. The van der Waals surface area contributed by atoms with Crippen molar-refractivity contribution in [2.24, 2.45) is 0 Å². The summed E-state index contributed by atoms with van der Waals surface area (Å²) in [7, 11) is 0. The van der Waals surface area contributed by atoms with Gasteiger partial charge in [-0.25, -0.2) is 0 Å². The summed E-state index contributed by atoms with van der Waals surface area (Å²) in [5.74, 6) is 0.469. The minimum absolute atomic E-state index is 0.165. The van der Waals surface area contributed by atoms with Gasteiger partial charge in [0.25, 0.3) is 0 Å². The number of aromatic hydroxyl groups is 1. The summed E-state index contributed by atoms with van der Waals surface area (Å²) in [5, 5.41) is 16.2. The van der Waals surface area contributed by atoms with Gasteiger partial charge in [0.1, 0.15) is 5.75 Å². The standard InChI is InChI=1S/C17H22N2OS/c1-2-13-5-3-6-14(17(13)20)16(15-7-4-12-21-15)19-10-8-18-9-11-19/h3-7,12,16,18,20H,2,8-11H2,1H3/t16-/m1/s1. The molecule has 2 N–H and O–H groups in total. The molecular formula is C17H22N2OS. The van der Waals surface area contributed by atoms with Crippen molar-refractivity contribution in [1.82, 2.24) is 10.2 Å². The number of benzene rings is 1. The highest BCUT2D eigenvalue weighted by Gasteiger charge is 2.27. The molecule has 0 bridgehead atoms. The van der Waals surface area contributed by atoms with Gasteiger partial charge in [0, 0.05) is 36.6 Å². The minimum Gasteiger partial charge on any atom is -0.507 e. The Morgan fingerprint density at radius 1 is 1.24 bits per heavy atom. The van der Waals surface area contributed by atoms with Gasteiger partial charge in [-0.1, -0.05) is 31.2 Å². The molecule has 0 amide bonds. The number of thiophene rings is 1. The lowest BCUT2D eigenvalue weighted by Crippen LogP contribution is -2.45. The van der Waals surface area contributed by atoms with Crippen molar-refractivity contribution >= 4 is 11.3 Å². The van der Waals surface area contributed by atoms with Gasteiger partial charge in [-0.2, -0.15) is 0 Å². The van der Waals surface area contributed by atoms with Gasteiger partial charge in [-0.3, -0.25) is 4.90 Å². The number of phenolic OH excluding ortho intramolecular Hbond substituents is 1. The molecule has 1 aliphatic heterocycles. The Bertz CT molecular complexity index is 576. The van der Waals surface area contributed by atoms with Crippen LogP contribution in [-0.2, 0) is 6.42 Å². The van der Waals surface area contributed by atoms with E-state index in [1.54, 1.807) is 11.3 Å². The average Bonchev–Trinajstić information content (AvgIpc) is 3.04. The molecule has 1 aliphatic rings. The van der Waals surface area contributed by atoms with Crippen LogP contribution in [0.15, 0.2) is 35.7 Å². The molecule has 2 aromatic rings. The Kier molecular flexibility index (Phi) is 4.58. The molecule has 21 heavy (non-hydrogen) atoms. The number of nitrogens with zero attached hydrogens (tertiary/aromatic N) is 1. The Morgan fingerprint density at radius 3 is 2.71 bits per heavy atom. The van der Waals surface area contributed by atoms with E-state index in [4.69, 9.17) is 0 Å². The molecule has 0 radical (unpaired) electrons. The number of piperazine rings is 1. The molecular weight excluding hydrogens is 280 g/mol. The van der Waals surface area contributed by atoms with E-state index < -0.39 is 0 Å². The topological polar surface area (TPSA) is 35.5 Å². The molecule has 0 spiro atoms. The van der Waals surface area contributed by atoms with E-state index in [-0.39, 0.29) is 6.04 Å². The van der Waals surface area contributed by atoms with E-state index in [1.807, 2.05) is 6.07 Å². The third kappa shape index (κ3) is 2.98. The lowest BCUT2D eigenvalue weighted by Gasteiger charge is -2.35. The summed E-state index contributed by atoms with van der Waals surface area (Å²) >= 11 is 1.77. The summed E-state index contributed by atoms with van der Waals surface area (Å²) in [5.41, 5.74) is 2.07. The van der Waals surface area contributed by atoms with Crippen molar-refractivity contribution in [1.29, 1.82) is 0 Å². The molecule has 1 fully saturated rings. The first-order chi connectivity index (χ1) is 10.3. The molecule has 4 heteroatoms. The zero-order chi connectivity index (χ0) is 14.7. The predicted molar refractivity (Wildman–Crippen MR) is 88.1 cm³/mol. The van der Waals surface area contributed by atoms with Crippen LogP contribution in [0.1, 0.15) is 29.0 Å². The highest BCUT2D eigenvalue weighted by Crippen LogP contribution is 2.38. The Morgan fingerprint density at radius 2 is 2.05 bits per heavy atom. The number of aryl methyl sites for hydroxylation is 1. The number of para-hydroxylation sites is 1. The van der Waals surface area contributed by atoms with Gasteiger partial charge >= 0.3 is 0 Å². The van der Waals surface area contributed by atoms with Gasteiger partial charge in [0.2, 0.25) is 0 Å². The SMILES string of the molecule is CCc1cccc([C@H](c2cccs2)N2CCNCC2)c1O. The fourth-order valence-electron chi connectivity index (χ4n) is 3.03. The van der Waals surface area contributed by atoms with Gasteiger partial charge in [0.15, 0.2) is 0 Å². The highest BCUT2D eigenvalue weighted by atomic mass is 32.1. The second-order valence-corrected chi connectivity index (χ2v) is 6.39. The Balaban J connectivity index is 2.03. The molecule has 3 nitrogen and oxygen atoms in total. The zero-order valence-electron chi connectivity index (χ0n) is 12.4. The first-order valence-electron chi connectivity index (χ1n) is 7.60. The zero-order valence-corrected chi connectivity index (χ0v) is 13.2. The van der Waals surface area contributed by atoms with Crippen molar-refractivity contribution in [2.45, 2.75) is 19.4 Å². The predicted octanol–water partition coefficient (Wildman–Crippen LogP) is 3.01. The molecule has 1 aromatic heterocycles. The van der Waals surface area contributed by atoms with Crippen molar-refractivity contribution in [2.75, 3.05) is 26.2 Å². The van der Waals surface area contributed by atoms with Crippen LogP contribution in [0, 0.1) is 0 Å². The van der Waals surface area contributed by atoms with E-state index in [1.165, 1.54) is 4.88 Å². The van der Waals surface area contributed by atoms with Crippen LogP contribution >= 0.6 is 11.3 Å². The summed E-state index contributed by atoms with van der Waals surface area (Å²) in [6.45, 7) is 6.13. The Hall–Kier alpha value is -1.36. The second kappa shape index (κ2) is 6.60. The lowest BCUT2D eigenvalue weighted by atomic mass is 9.98. The molecule has 3 rings (SSSR count). The van der Waals surface area contributed by atoms with E-state index in [2.05, 4.69) is 46.8 Å². The number of rotatable bonds is 4. The van der Waals surface area contributed by atoms with E-state index >= 15 is 0 Å². The number of hydrogen-bond donors (Lipinski definition) is 2. The van der Waals surface area contributed by atoms with Crippen LogP contribution in [0.4, 0.5) is 0 Å². The maximum atomic E-state index is 10.7. The maximum absolute atomic E-state index is 10.7. The maximum Gasteiger partial charge on any atom is 0.123 e. The van der Waals surface area contributed by atoms with Gasteiger partial charge in [0.05, 0.1) is 6.04 Å². The van der Waals surface area contributed by atoms with Crippen LogP contribution in [0.2, 0.25) is 0 Å². The van der Waals surface area contributed by atoms with Gasteiger partial charge in [-0.05, 0) is 23.4 Å².